The smallest absolute Gasteiger partial charge is 0.328 e. The van der Waals surface area contributed by atoms with Gasteiger partial charge in [-0.1, -0.05) is 0 Å². The van der Waals surface area contributed by atoms with Gasteiger partial charge in [0.25, 0.3) is 5.56 Å². The molecule has 21 nitrogen and oxygen atoms in total. The zero-order chi connectivity index (χ0) is 31.8. The molecule has 7 rings (SSSR count). The zero-order valence-electron chi connectivity index (χ0n) is 23.1. The zero-order valence-corrected chi connectivity index (χ0v) is 24.9. The average molecular weight is 666 g/mol. The van der Waals surface area contributed by atoms with E-state index in [1.54, 1.807) is 0 Å². The molecule has 4 aromatic rings. The van der Waals surface area contributed by atoms with E-state index < -0.39 is 82.9 Å². The number of nitrogens with one attached hydrogen (secondary N) is 1. The fourth-order valence-electron chi connectivity index (χ4n) is 5.43. The highest BCUT2D eigenvalue weighted by Gasteiger charge is 2.51. The molecule has 2 bridgehead atoms. The van der Waals surface area contributed by atoms with Gasteiger partial charge >= 0.3 is 7.60 Å². The van der Waals surface area contributed by atoms with Gasteiger partial charge < -0.3 is 56.9 Å². The number of nitrogens with zero attached hydrogens (tertiary/aromatic N) is 7. The van der Waals surface area contributed by atoms with E-state index in [0.717, 1.165) is 6.66 Å². The summed E-state index contributed by atoms with van der Waals surface area (Å²) in [5, 5.41) is 22.4. The van der Waals surface area contributed by atoms with E-state index in [4.69, 9.17) is 46.6 Å². The van der Waals surface area contributed by atoms with Crippen molar-refractivity contribution < 1.29 is 46.9 Å². The Morgan fingerprint density at radius 2 is 1.60 bits per heavy atom. The highest BCUT2D eigenvalue weighted by Crippen LogP contribution is 2.53. The number of nitrogen functional groups attached to an aromatic ring is 2. The second-order valence-electron chi connectivity index (χ2n) is 10.5. The Kier molecular flexibility index (Phi) is 7.36. The van der Waals surface area contributed by atoms with Crippen LogP contribution in [-0.4, -0.2) is 113 Å². The van der Waals surface area contributed by atoms with Gasteiger partial charge in [-0.3, -0.25) is 28.0 Å². The van der Waals surface area contributed by atoms with Crippen LogP contribution in [0.25, 0.3) is 22.3 Å². The van der Waals surface area contributed by atoms with Gasteiger partial charge in [0.05, 0.1) is 33.3 Å². The molecule has 45 heavy (non-hydrogen) atoms. The second kappa shape index (κ2) is 10.9. The normalized spacial score (nSPS) is 37.7. The quantitative estimate of drug-likeness (QED) is 0.121. The van der Waals surface area contributed by atoms with Crippen LogP contribution in [0.5, 0.6) is 0 Å². The van der Waals surface area contributed by atoms with Crippen LogP contribution in [-0.2, 0) is 36.7 Å². The van der Waals surface area contributed by atoms with Gasteiger partial charge in [-0.05, 0) is 0 Å². The molecule has 3 fully saturated rings. The van der Waals surface area contributed by atoms with Crippen LogP contribution in [0, 0.1) is 0 Å². The fourth-order valence-corrected chi connectivity index (χ4v) is 7.60. The number of imidazole rings is 2. The summed E-state index contributed by atoms with van der Waals surface area (Å²) in [5.41, 5.74) is 11.3. The van der Waals surface area contributed by atoms with Crippen LogP contribution >= 0.6 is 15.1 Å². The van der Waals surface area contributed by atoms with E-state index in [1.165, 1.54) is 28.1 Å². The number of fused-ring (bicyclic) bond motifs is 5. The van der Waals surface area contributed by atoms with Crippen molar-refractivity contribution in [2.45, 2.75) is 49.1 Å². The molecule has 3 saturated heterocycles. The summed E-state index contributed by atoms with van der Waals surface area (Å²) in [6, 6.07) is 0. The topological polar surface area (TPSA) is 289 Å². The van der Waals surface area contributed by atoms with Crippen LogP contribution in [0.2, 0.25) is 0 Å². The molecule has 239 valence electrons. The number of aliphatic hydroxyl groups excluding tert-OH is 2. The number of aliphatic hydroxyl groups is 2. The molecule has 4 aromatic heterocycles. The molecule has 3 aliphatic heterocycles. The average Bonchev–Trinajstić information content (AvgIpc) is 3.72. The van der Waals surface area contributed by atoms with E-state index >= 15 is 0 Å². The molecule has 0 spiro atoms. The predicted molar refractivity (Wildman–Crippen MR) is 151 cm³/mol. The monoisotopic (exact) mass is 666 g/mol. The number of aromatic amines is 1. The number of rotatable bonds is 2. The Balaban J connectivity index is 1.21. The maximum atomic E-state index is 13.5. The highest BCUT2D eigenvalue weighted by molar-refractivity contribution is 7.79. The van der Waals surface area contributed by atoms with Crippen molar-refractivity contribution in [2.24, 2.45) is 0 Å². The third-order valence-electron chi connectivity index (χ3n) is 7.48. The minimum Gasteiger partial charge on any atom is -0.444 e. The molecule has 10 atom stereocenters. The van der Waals surface area contributed by atoms with Crippen molar-refractivity contribution in [3.05, 3.63) is 29.3 Å². The number of nitrogens with two attached hydrogens (primary N) is 2. The Labute approximate surface area is 252 Å². The molecule has 24 heteroatoms. The van der Waals surface area contributed by atoms with Crippen LogP contribution in [0.4, 0.5) is 11.8 Å². The van der Waals surface area contributed by atoms with Gasteiger partial charge in [0.15, 0.2) is 35.1 Å². The highest BCUT2D eigenvalue weighted by atomic mass is 31.2. The summed E-state index contributed by atoms with van der Waals surface area (Å²) >= 11 is 0. The van der Waals surface area contributed by atoms with E-state index in [-0.39, 0.29) is 34.1 Å². The summed E-state index contributed by atoms with van der Waals surface area (Å²) in [5.74, 6) is -0.136. The number of hydrogen-bond acceptors (Lipinski definition) is 18. The van der Waals surface area contributed by atoms with Crippen molar-refractivity contribution in [1.82, 2.24) is 39.0 Å². The van der Waals surface area contributed by atoms with Gasteiger partial charge in [-0.25, -0.2) is 19.9 Å². The number of anilines is 2. The molecule has 0 amide bonds. The molecule has 0 saturated carbocycles. The lowest BCUT2D eigenvalue weighted by Crippen LogP contribution is -2.36. The first-order chi connectivity index (χ1) is 21.3. The van der Waals surface area contributed by atoms with Crippen molar-refractivity contribution in [1.29, 1.82) is 0 Å². The van der Waals surface area contributed by atoms with Gasteiger partial charge in [0.1, 0.15) is 48.5 Å². The second-order valence-corrected chi connectivity index (χ2v) is 14.1. The molecule has 0 aromatic carbocycles. The lowest BCUT2D eigenvalue weighted by molar-refractivity contribution is -0.0583. The maximum absolute atomic E-state index is 13.5. The summed E-state index contributed by atoms with van der Waals surface area (Å²) in [6.45, 7) is 0.0209. The third-order valence-corrected chi connectivity index (χ3v) is 9.77. The first-order valence-corrected chi connectivity index (χ1v) is 16.9. The molecular weight excluding hydrogens is 641 g/mol. The Bertz CT molecular complexity index is 1940. The minimum atomic E-state index is -4.55. The van der Waals surface area contributed by atoms with Crippen LogP contribution in [0.1, 0.15) is 12.5 Å². The molecule has 7 heterocycles. The van der Waals surface area contributed by atoms with E-state index in [2.05, 4.69) is 29.9 Å². The van der Waals surface area contributed by atoms with Crippen molar-refractivity contribution in [3.63, 3.8) is 0 Å². The third kappa shape index (κ3) is 5.36. The molecule has 7 N–H and O–H groups in total. The molecular formula is C21H25BN10O11P2-. The molecule has 3 radical (unpaired) electrons. The summed E-state index contributed by atoms with van der Waals surface area (Å²) < 4.78 is 63.9. The number of hydrogen-bond donors (Lipinski definition) is 5. The van der Waals surface area contributed by atoms with Gasteiger partial charge in [-0.15, -0.1) is 0 Å². The SMILES string of the molecule is [B-][P@@]1(=O)OCC2OC(n3cnc4c(N)ncnc43)C(O)C2O[P@](C)(=O)OCC2OC(n3cnc4c(=O)[nH]c(N)nc43)C(O1)C2O. The van der Waals surface area contributed by atoms with Crippen LogP contribution in [0.3, 0.4) is 0 Å². The molecule has 0 aliphatic carbocycles. The Morgan fingerprint density at radius 3 is 2.38 bits per heavy atom. The van der Waals surface area contributed by atoms with Crippen LogP contribution < -0.4 is 17.0 Å². The lowest BCUT2D eigenvalue weighted by Gasteiger charge is -2.34. The summed E-state index contributed by atoms with van der Waals surface area (Å²) in [4.78, 5) is 34.9. The number of H-pyrrole nitrogens is 1. The van der Waals surface area contributed by atoms with Gasteiger partial charge in [0.2, 0.25) is 5.95 Å². The van der Waals surface area contributed by atoms with Gasteiger partial charge in [0, 0.05) is 6.66 Å². The van der Waals surface area contributed by atoms with E-state index in [9.17, 15) is 24.1 Å². The number of ether oxygens (including phenoxy) is 2. The van der Waals surface area contributed by atoms with E-state index in [0.29, 0.717) is 0 Å². The Morgan fingerprint density at radius 1 is 0.911 bits per heavy atom. The van der Waals surface area contributed by atoms with Crippen molar-refractivity contribution >= 4 is 56.7 Å². The van der Waals surface area contributed by atoms with Gasteiger partial charge in [-0.2, -0.15) is 4.98 Å². The first kappa shape index (κ1) is 30.4. The maximum Gasteiger partial charge on any atom is 0.328 e. The lowest BCUT2D eigenvalue weighted by atomic mass is 10.1. The van der Waals surface area contributed by atoms with Crippen molar-refractivity contribution in [3.8, 4) is 0 Å². The molecule has 3 aliphatic rings. The van der Waals surface area contributed by atoms with E-state index in [1.807, 2.05) is 0 Å². The summed E-state index contributed by atoms with van der Waals surface area (Å²) in [6.07, 6.45) is -7.30. The standard InChI is InChI=1S/C21H25BN10O11P2/c1-44(36)38-2-7-11(33)14(20(40-7)32-6-28-10-17(32)29-21(24)30-18(10)35)43-45(22,37)39-3-8-13(42-44)12(34)19(41-8)31-5-27-9-15(23)25-4-26-16(9)31/h4-8,11-14,19-20,33-34H,2-3H2,1H3,(H2,23,25,26)(H3,24,29,30,35)/q-1/t7?,8?,11?,12?,13?,14?,19?,20?,44-,45-/m1/s1. The minimum absolute atomic E-state index is 0.0386. The fraction of sp³-hybridized carbons (Fsp3) is 0.524. The Hall–Kier alpha value is -3.30. The predicted octanol–water partition coefficient (Wildman–Crippen LogP) is -1.44. The van der Waals surface area contributed by atoms with Crippen LogP contribution in [0.15, 0.2) is 23.8 Å². The largest absolute Gasteiger partial charge is 0.444 e. The summed E-state index contributed by atoms with van der Waals surface area (Å²) in [7, 11) is -2.64. The first-order valence-electron chi connectivity index (χ1n) is 13.3. The van der Waals surface area contributed by atoms with Crippen molar-refractivity contribution in [2.75, 3.05) is 31.3 Å². The number of aromatic nitrogens is 8. The molecule has 8 unspecified atom stereocenters.